The van der Waals surface area contributed by atoms with Crippen LogP contribution in [0.3, 0.4) is 0 Å². The quantitative estimate of drug-likeness (QED) is 0.645. The first-order valence-electron chi connectivity index (χ1n) is 11.4. The Labute approximate surface area is 188 Å². The molecule has 1 aliphatic carbocycles. The number of amides is 2. The average molecular weight is 432 g/mol. The van der Waals surface area contributed by atoms with Crippen molar-refractivity contribution in [3.63, 3.8) is 0 Å². The number of benzene rings is 1. The SMILES string of the molecule is Cc1ccc(CN2C(=O)c3ccc(-c4ccco4)n3C[C@]2(C)C(=O)NC2CCCC2)cc1. The maximum Gasteiger partial charge on any atom is 0.271 e. The molecule has 0 saturated heterocycles. The van der Waals surface area contributed by atoms with Crippen LogP contribution in [0.25, 0.3) is 11.5 Å². The van der Waals surface area contributed by atoms with E-state index >= 15 is 0 Å². The third-order valence-corrected chi connectivity index (χ3v) is 6.92. The molecule has 2 aromatic heterocycles. The van der Waals surface area contributed by atoms with Gasteiger partial charge in [-0.15, -0.1) is 0 Å². The highest BCUT2D eigenvalue weighted by molar-refractivity contribution is 6.00. The van der Waals surface area contributed by atoms with Gasteiger partial charge in [0.15, 0.2) is 0 Å². The van der Waals surface area contributed by atoms with Crippen LogP contribution in [0.4, 0.5) is 0 Å². The topological polar surface area (TPSA) is 67.5 Å². The van der Waals surface area contributed by atoms with Crippen molar-refractivity contribution in [2.24, 2.45) is 0 Å². The first-order valence-corrected chi connectivity index (χ1v) is 11.4. The monoisotopic (exact) mass is 431 g/mol. The summed E-state index contributed by atoms with van der Waals surface area (Å²) in [4.78, 5) is 29.1. The van der Waals surface area contributed by atoms with E-state index in [1.54, 1.807) is 11.2 Å². The van der Waals surface area contributed by atoms with Gasteiger partial charge in [-0.3, -0.25) is 9.59 Å². The summed E-state index contributed by atoms with van der Waals surface area (Å²) in [5.41, 5.74) is 2.55. The second kappa shape index (κ2) is 8.01. The lowest BCUT2D eigenvalue weighted by atomic mass is 9.93. The lowest BCUT2D eigenvalue weighted by molar-refractivity contribution is -0.133. The molecular formula is C26H29N3O3. The average Bonchev–Trinajstić information content (AvgIpc) is 3.54. The van der Waals surface area contributed by atoms with Gasteiger partial charge < -0.3 is 19.2 Å². The van der Waals surface area contributed by atoms with Crippen molar-refractivity contribution in [3.05, 3.63) is 71.6 Å². The number of carbonyl (C=O) groups excluding carboxylic acids is 2. The van der Waals surface area contributed by atoms with E-state index in [-0.39, 0.29) is 17.9 Å². The fourth-order valence-electron chi connectivity index (χ4n) is 4.95. The molecule has 1 saturated carbocycles. The van der Waals surface area contributed by atoms with Crippen LogP contribution < -0.4 is 5.32 Å². The number of furan rings is 1. The summed E-state index contributed by atoms with van der Waals surface area (Å²) in [6, 6.07) is 15.8. The predicted octanol–water partition coefficient (Wildman–Crippen LogP) is 4.53. The first kappa shape index (κ1) is 20.6. The van der Waals surface area contributed by atoms with Crippen molar-refractivity contribution in [1.29, 1.82) is 0 Å². The zero-order valence-electron chi connectivity index (χ0n) is 18.6. The van der Waals surface area contributed by atoms with Crippen molar-refractivity contribution in [1.82, 2.24) is 14.8 Å². The van der Waals surface area contributed by atoms with Crippen LogP contribution in [0.15, 0.2) is 59.2 Å². The number of rotatable bonds is 5. The molecule has 166 valence electrons. The molecule has 32 heavy (non-hydrogen) atoms. The molecule has 1 fully saturated rings. The molecule has 6 nitrogen and oxygen atoms in total. The number of nitrogens with zero attached hydrogens (tertiary/aromatic N) is 2. The van der Waals surface area contributed by atoms with Gasteiger partial charge >= 0.3 is 0 Å². The molecular weight excluding hydrogens is 402 g/mol. The molecule has 1 aliphatic heterocycles. The van der Waals surface area contributed by atoms with E-state index in [1.165, 1.54) is 0 Å². The second-order valence-corrected chi connectivity index (χ2v) is 9.27. The minimum absolute atomic E-state index is 0.0883. The molecule has 0 bridgehead atoms. The Morgan fingerprint density at radius 2 is 1.81 bits per heavy atom. The van der Waals surface area contributed by atoms with Crippen LogP contribution in [0.5, 0.6) is 0 Å². The maximum atomic E-state index is 13.7. The highest BCUT2D eigenvalue weighted by atomic mass is 16.3. The molecule has 1 aromatic carbocycles. The summed E-state index contributed by atoms with van der Waals surface area (Å²) in [5.74, 6) is 0.461. The second-order valence-electron chi connectivity index (χ2n) is 9.27. The highest BCUT2D eigenvalue weighted by Crippen LogP contribution is 2.34. The fraction of sp³-hybridized carbons (Fsp3) is 0.385. The van der Waals surface area contributed by atoms with E-state index < -0.39 is 5.54 Å². The van der Waals surface area contributed by atoms with E-state index in [1.807, 2.05) is 66.9 Å². The van der Waals surface area contributed by atoms with Crippen molar-refractivity contribution in [2.75, 3.05) is 0 Å². The standard InChI is InChI=1S/C26H29N3O3/c1-18-9-11-19(12-10-18)16-29-24(30)22-14-13-21(23-8-5-15-32-23)28(22)17-26(29,2)25(31)27-20-6-3-4-7-20/h5,8-15,20H,3-4,6-7,16-17H2,1-2H3,(H,27,31)/t26-/m1/s1. The maximum absolute atomic E-state index is 13.7. The molecule has 2 aliphatic rings. The largest absolute Gasteiger partial charge is 0.463 e. The Morgan fingerprint density at radius 1 is 1.09 bits per heavy atom. The third-order valence-electron chi connectivity index (χ3n) is 6.92. The van der Waals surface area contributed by atoms with E-state index in [4.69, 9.17) is 4.42 Å². The van der Waals surface area contributed by atoms with Crippen molar-refractivity contribution in [2.45, 2.75) is 64.2 Å². The molecule has 0 spiro atoms. The summed E-state index contributed by atoms with van der Waals surface area (Å²) < 4.78 is 7.53. The number of aryl methyl sites for hydroxylation is 1. The number of aromatic nitrogens is 1. The molecule has 1 atom stereocenters. The van der Waals surface area contributed by atoms with Gasteiger partial charge in [-0.05, 0) is 56.5 Å². The summed E-state index contributed by atoms with van der Waals surface area (Å²) >= 11 is 0. The van der Waals surface area contributed by atoms with Crippen LogP contribution in [-0.4, -0.2) is 32.9 Å². The van der Waals surface area contributed by atoms with E-state index in [0.29, 0.717) is 24.5 Å². The minimum Gasteiger partial charge on any atom is -0.463 e. The summed E-state index contributed by atoms with van der Waals surface area (Å²) in [7, 11) is 0. The molecule has 3 heterocycles. The first-order chi connectivity index (χ1) is 15.5. The normalized spacial score (nSPS) is 21.1. The Bertz CT molecular complexity index is 1120. The van der Waals surface area contributed by atoms with Gasteiger partial charge in [0, 0.05) is 12.6 Å². The van der Waals surface area contributed by atoms with Crippen molar-refractivity contribution >= 4 is 11.8 Å². The molecule has 5 rings (SSSR count). The van der Waals surface area contributed by atoms with E-state index in [9.17, 15) is 9.59 Å². The number of fused-ring (bicyclic) bond motifs is 1. The van der Waals surface area contributed by atoms with Gasteiger partial charge in [-0.1, -0.05) is 42.7 Å². The van der Waals surface area contributed by atoms with Crippen molar-refractivity contribution in [3.8, 4) is 11.5 Å². The number of hydrogen-bond acceptors (Lipinski definition) is 3. The fourth-order valence-corrected chi connectivity index (χ4v) is 4.95. The molecule has 2 amide bonds. The lowest BCUT2D eigenvalue weighted by Crippen LogP contribution is -2.64. The van der Waals surface area contributed by atoms with Gasteiger partial charge in [-0.25, -0.2) is 0 Å². The van der Waals surface area contributed by atoms with Crippen LogP contribution in [-0.2, 0) is 17.9 Å². The van der Waals surface area contributed by atoms with Gasteiger partial charge in [0.25, 0.3) is 5.91 Å². The van der Waals surface area contributed by atoms with Crippen LogP contribution >= 0.6 is 0 Å². The molecule has 0 radical (unpaired) electrons. The van der Waals surface area contributed by atoms with Crippen LogP contribution in [0.2, 0.25) is 0 Å². The van der Waals surface area contributed by atoms with Gasteiger partial charge in [0.2, 0.25) is 5.91 Å². The summed E-state index contributed by atoms with van der Waals surface area (Å²) in [5, 5.41) is 3.24. The van der Waals surface area contributed by atoms with E-state index in [0.717, 1.165) is 42.5 Å². The Balaban J connectivity index is 1.54. The molecule has 3 aromatic rings. The van der Waals surface area contributed by atoms with Crippen LogP contribution in [0.1, 0.15) is 54.2 Å². The zero-order chi connectivity index (χ0) is 22.3. The number of nitrogens with one attached hydrogen (secondary N) is 1. The number of carbonyl (C=O) groups is 2. The zero-order valence-corrected chi connectivity index (χ0v) is 18.6. The summed E-state index contributed by atoms with van der Waals surface area (Å²) in [6.45, 7) is 4.69. The molecule has 1 N–H and O–H groups in total. The molecule has 0 unspecified atom stereocenters. The summed E-state index contributed by atoms with van der Waals surface area (Å²) in [6.07, 6.45) is 5.89. The Hall–Kier alpha value is -3.28. The smallest absolute Gasteiger partial charge is 0.271 e. The van der Waals surface area contributed by atoms with Gasteiger partial charge in [-0.2, -0.15) is 0 Å². The minimum atomic E-state index is -1.02. The van der Waals surface area contributed by atoms with Crippen molar-refractivity contribution < 1.29 is 14.0 Å². The Kier molecular flexibility index (Phi) is 5.16. The molecule has 6 heteroatoms. The highest BCUT2D eigenvalue weighted by Gasteiger charge is 2.48. The third kappa shape index (κ3) is 3.53. The van der Waals surface area contributed by atoms with Gasteiger partial charge in [0.05, 0.1) is 18.5 Å². The Morgan fingerprint density at radius 3 is 2.50 bits per heavy atom. The van der Waals surface area contributed by atoms with Gasteiger partial charge in [0.1, 0.15) is 17.0 Å². The lowest BCUT2D eigenvalue weighted by Gasteiger charge is -2.44. The number of hydrogen-bond donors (Lipinski definition) is 1. The predicted molar refractivity (Wildman–Crippen MR) is 122 cm³/mol. The van der Waals surface area contributed by atoms with Crippen LogP contribution in [0, 0.1) is 6.92 Å². The van der Waals surface area contributed by atoms with E-state index in [2.05, 4.69) is 5.32 Å².